The van der Waals surface area contributed by atoms with Gasteiger partial charge in [0.2, 0.25) is 17.6 Å². The zero-order valence-electron chi connectivity index (χ0n) is 33.9. The number of aromatic nitrogens is 4. The van der Waals surface area contributed by atoms with Gasteiger partial charge < -0.3 is 19.1 Å². The highest BCUT2D eigenvalue weighted by atomic mass is 79.9. The maximum atomic E-state index is 11.2. The molecule has 3 aromatic heterocycles. The van der Waals surface area contributed by atoms with Gasteiger partial charge in [0.15, 0.2) is 0 Å². The van der Waals surface area contributed by atoms with Gasteiger partial charge in [0.1, 0.15) is 10.0 Å². The van der Waals surface area contributed by atoms with Crippen molar-refractivity contribution in [2.45, 2.75) is 39.7 Å². The lowest BCUT2D eigenvalue weighted by Crippen LogP contribution is -2.08. The van der Waals surface area contributed by atoms with E-state index in [1.54, 1.807) is 13.8 Å². The zero-order valence-corrected chi connectivity index (χ0v) is 22.8. The van der Waals surface area contributed by atoms with E-state index in [1.165, 1.54) is 0 Å². The Kier molecular flexibility index (Phi) is 5.23. The van der Waals surface area contributed by atoms with Crippen molar-refractivity contribution in [2.24, 2.45) is 0 Å². The minimum Gasteiger partial charge on any atom is -0.478 e. The second-order valence-corrected chi connectivity index (χ2v) is 8.80. The van der Waals surface area contributed by atoms with E-state index in [-0.39, 0.29) is 43.9 Å². The van der Waals surface area contributed by atoms with Gasteiger partial charge >= 0.3 is 5.97 Å². The predicted molar refractivity (Wildman–Crippen MR) is 148 cm³/mol. The highest BCUT2D eigenvalue weighted by molar-refractivity contribution is 9.10. The summed E-state index contributed by atoms with van der Waals surface area (Å²) < 4.78 is 129. The van der Waals surface area contributed by atoms with Crippen LogP contribution in [-0.2, 0) is 0 Å². The van der Waals surface area contributed by atoms with E-state index in [1.807, 2.05) is 0 Å². The number of nitrogens with zero attached hydrogens (tertiary/aromatic N) is 4. The fourth-order valence-corrected chi connectivity index (χ4v) is 3.14. The average Bonchev–Trinajstić information content (AvgIpc) is 3.51. The molecule has 9 nitrogen and oxygen atoms in total. The summed E-state index contributed by atoms with van der Waals surface area (Å²) in [4.78, 5) is 22.4. The Hall–Kier alpha value is -2.92. The van der Waals surface area contributed by atoms with Gasteiger partial charge in [0.25, 0.3) is 7.32 Å². The summed E-state index contributed by atoms with van der Waals surface area (Å²) in [5, 5.41) is 6.27. The summed E-state index contributed by atoms with van der Waals surface area (Å²) in [6, 6.07) is -2.48. The van der Waals surface area contributed by atoms with Crippen LogP contribution in [0.25, 0.3) is 24.3 Å². The molecule has 1 aromatic carbocycles. The lowest BCUT2D eigenvalue weighted by Gasteiger charge is -2.09. The van der Waals surface area contributed by atoms with E-state index in [0.717, 1.165) is 0 Å². The van der Waals surface area contributed by atoms with Crippen LogP contribution in [0.3, 0.4) is 0 Å². The second kappa shape index (κ2) is 13.2. The van der Waals surface area contributed by atoms with Crippen LogP contribution < -0.4 is 9.47 Å². The van der Waals surface area contributed by atoms with Crippen LogP contribution >= 0.6 is 50.7 Å². The van der Waals surface area contributed by atoms with Gasteiger partial charge in [-0.2, -0.15) is 4.98 Å². The standard InChI is InChI=1S/C16H12BrCl2N3O2.C9H10ClNO3/c1-8(2)23-16-12(18)6-9(7-20-16)15-21-14(22-24-15)10-4-3-5-11(17)13(10)19;1-5(2)14-8-7(10)3-6(4-11-8)9(12)13/h3-8H,1-2H3;3-5H,1-2H3,(H,12,13)/i1D3,2D3,3D,4D,5D,6D,7D,8D;3D,4D/hD. The molecule has 13 heteroatoms. The fraction of sp³-hybridized carbons (Fsp3) is 0.240. The third kappa shape index (κ3) is 7.80. The normalized spacial score (nSPS) is 17.3. The highest BCUT2D eigenvalue weighted by Gasteiger charge is 2.16. The molecular formula is C25H22BrCl3N4O5. The summed E-state index contributed by atoms with van der Waals surface area (Å²) in [5.74, 6) is -3.01. The van der Waals surface area contributed by atoms with Gasteiger partial charge in [-0.15, -0.1) is 0 Å². The Labute approximate surface area is 263 Å². The molecule has 0 saturated heterocycles. The van der Waals surface area contributed by atoms with Crippen molar-refractivity contribution in [3.8, 4) is 34.6 Å². The third-order valence-electron chi connectivity index (χ3n) is 3.77. The van der Waals surface area contributed by atoms with Crippen molar-refractivity contribution in [2.75, 3.05) is 0 Å². The average molecular weight is 660 g/mol. The van der Waals surface area contributed by atoms with Crippen molar-refractivity contribution in [1.82, 2.24) is 20.1 Å². The van der Waals surface area contributed by atoms with Gasteiger partial charge in [-0.05, 0) is 67.7 Å². The molecule has 38 heavy (non-hydrogen) atoms. The quantitative estimate of drug-likeness (QED) is 0.211. The molecular weight excluding hydrogens is 623 g/mol. The number of rotatable bonds is 7. The summed E-state index contributed by atoms with van der Waals surface area (Å²) in [6.07, 6.45) is -5.06. The number of ether oxygens (including phenoxy) is 2. The van der Waals surface area contributed by atoms with Crippen LogP contribution in [0.5, 0.6) is 11.8 Å². The number of carboxylic acids is 1. The lowest BCUT2D eigenvalue weighted by molar-refractivity contribution is 0.0696. The number of hydrogen-bond donors (Lipinski definition) is 1. The first kappa shape index (κ1) is 15.0. The number of hydrogen-bond acceptors (Lipinski definition) is 9. The number of pyridine rings is 2. The molecule has 1 N–H and O–H groups in total. The molecule has 3 heterocycles. The Morgan fingerprint density at radius 2 is 1.87 bits per heavy atom. The van der Waals surface area contributed by atoms with Crippen molar-refractivity contribution >= 4 is 56.7 Å². The van der Waals surface area contributed by atoms with Gasteiger partial charge in [-0.1, -0.05) is 46.0 Å². The highest BCUT2D eigenvalue weighted by Crippen LogP contribution is 2.34. The van der Waals surface area contributed by atoms with Crippen LogP contribution in [0, 0.1) is 0 Å². The molecule has 0 fully saturated rings. The minimum atomic E-state index is -3.51. The molecule has 0 saturated carbocycles. The van der Waals surface area contributed by atoms with Gasteiger partial charge in [-0.25, -0.2) is 14.8 Å². The van der Waals surface area contributed by atoms with Crippen LogP contribution in [0.4, 0.5) is 0 Å². The fourth-order valence-electron chi connectivity index (χ4n) is 2.31. The van der Waals surface area contributed by atoms with Crippen molar-refractivity contribution < 1.29 is 43.1 Å². The molecule has 4 rings (SSSR count). The Morgan fingerprint density at radius 3 is 2.58 bits per heavy atom. The number of benzene rings is 1. The summed E-state index contributed by atoms with van der Waals surface area (Å²) >= 11 is 21.1. The molecule has 0 amide bonds. The maximum Gasteiger partial charge on any atom is 0.337 e. The number of aromatic carboxylic acids is 1. The summed E-state index contributed by atoms with van der Waals surface area (Å²) in [5.41, 5.74) is -1.10. The van der Waals surface area contributed by atoms with E-state index in [4.69, 9.17) is 69.4 Å². The molecule has 0 aliphatic rings. The zero-order chi connectivity index (χ0) is 40.7. The van der Waals surface area contributed by atoms with Gasteiger partial charge in [0, 0.05) is 30.6 Å². The summed E-state index contributed by atoms with van der Waals surface area (Å²) in [7, 11) is 0. The SMILES string of the molecule is [2H]OC(=O)c1c([2H])nc(OC(C)C)c(Cl)c1[2H].[2H]c1nc(OC([2H])(C([2H])([2H])[2H])C([2H])([2H])[2H])c(Cl)c([2H])c1-c1nc(-c2c([2H])c([2H])c([2H])c(Br)c2Cl)no1. The first-order valence-electron chi connectivity index (χ1n) is 17.3. The maximum absolute atomic E-state index is 11.2. The molecule has 0 aliphatic heterocycles. The molecule has 0 atom stereocenters. The molecule has 4 aromatic rings. The molecule has 200 valence electrons. The van der Waals surface area contributed by atoms with Gasteiger partial charge in [-0.3, -0.25) is 0 Å². The Balaban J connectivity index is 0.000000372. The monoisotopic (exact) mass is 657 g/mol. The van der Waals surface area contributed by atoms with E-state index in [0.29, 0.717) is 0 Å². The van der Waals surface area contributed by atoms with Crippen LogP contribution in [-0.4, -0.2) is 43.4 Å². The predicted octanol–water partition coefficient (Wildman–Crippen LogP) is 7.88. The van der Waals surface area contributed by atoms with Gasteiger partial charge in [0.05, 0.1) is 39.3 Å². The van der Waals surface area contributed by atoms with E-state index in [9.17, 15) is 4.79 Å². The Bertz CT molecular complexity index is 2030. The first-order chi connectivity index (χ1) is 24.2. The minimum absolute atomic E-state index is 0.00230. The topological polar surface area (TPSA) is 120 Å². The number of carboxylic acid groups (broad SMARTS) is 1. The molecule has 0 unspecified atom stereocenters. The second-order valence-electron chi connectivity index (χ2n) is 6.87. The number of halogens is 4. The molecule has 0 bridgehead atoms. The van der Waals surface area contributed by atoms with Crippen molar-refractivity contribution in [1.29, 1.82) is 1.43 Å². The van der Waals surface area contributed by atoms with E-state index >= 15 is 0 Å². The van der Waals surface area contributed by atoms with Crippen LogP contribution in [0.1, 0.15) is 57.1 Å². The van der Waals surface area contributed by atoms with E-state index in [2.05, 4.69) is 41.1 Å². The smallest absolute Gasteiger partial charge is 0.337 e. The largest absolute Gasteiger partial charge is 0.478 e. The molecule has 0 spiro atoms. The van der Waals surface area contributed by atoms with Crippen LogP contribution in [0.2, 0.25) is 15.1 Å². The first-order valence-corrected chi connectivity index (χ1v) is 11.8. The number of carbonyl (C=O) groups is 1. The molecule has 0 aliphatic carbocycles. The Morgan fingerprint density at radius 1 is 1.16 bits per heavy atom. The van der Waals surface area contributed by atoms with Crippen molar-refractivity contribution in [3.05, 3.63) is 67.7 Å². The summed E-state index contributed by atoms with van der Waals surface area (Å²) in [6.45, 7) is -3.50. The molecule has 0 radical (unpaired) electrons. The lowest BCUT2D eigenvalue weighted by atomic mass is 10.2. The van der Waals surface area contributed by atoms with Crippen molar-refractivity contribution in [3.63, 3.8) is 0 Å². The van der Waals surface area contributed by atoms with E-state index < -0.39 is 90.2 Å². The third-order valence-corrected chi connectivity index (χ3v) is 5.48. The van der Waals surface area contributed by atoms with Crippen LogP contribution in [0.15, 0.2) is 51.6 Å².